The lowest BCUT2D eigenvalue weighted by Gasteiger charge is -2.20. The Morgan fingerprint density at radius 3 is 2.52 bits per heavy atom. The molecule has 1 atom stereocenters. The molecule has 4 N–H and O–H groups in total. The van der Waals surface area contributed by atoms with Gasteiger partial charge in [0.2, 0.25) is 5.91 Å². The minimum absolute atomic E-state index is 0.0247. The topological polar surface area (TPSA) is 119 Å². The number of carbonyl (C=O) groups excluding carboxylic acids is 3. The molecule has 0 fully saturated rings. The summed E-state index contributed by atoms with van der Waals surface area (Å²) in [5.41, 5.74) is 9.60. The molecule has 0 aliphatic carbocycles. The van der Waals surface area contributed by atoms with Gasteiger partial charge in [-0.25, -0.2) is 5.43 Å². The molecule has 1 aromatic heterocycles. The van der Waals surface area contributed by atoms with Crippen molar-refractivity contribution in [3.05, 3.63) is 69.8 Å². The summed E-state index contributed by atoms with van der Waals surface area (Å²) < 4.78 is 1.72. The van der Waals surface area contributed by atoms with Crippen molar-refractivity contribution in [3.63, 3.8) is 0 Å². The second-order valence-electron chi connectivity index (χ2n) is 7.75. The number of benzene rings is 2. The lowest BCUT2D eigenvalue weighted by atomic mass is 10.0. The van der Waals surface area contributed by atoms with E-state index >= 15 is 0 Å². The summed E-state index contributed by atoms with van der Waals surface area (Å²) in [6, 6.07) is 11.1. The molecule has 0 spiro atoms. The minimum atomic E-state index is -0.833. The molecule has 0 radical (unpaired) electrons. The summed E-state index contributed by atoms with van der Waals surface area (Å²) in [6.07, 6.45) is 3.22. The summed E-state index contributed by atoms with van der Waals surface area (Å²) in [5.74, 6) is -1.61. The Labute approximate surface area is 200 Å². The summed E-state index contributed by atoms with van der Waals surface area (Å²) in [6.45, 7) is 3.64. The number of fused-ring (bicyclic) bond motifs is 1. The van der Waals surface area contributed by atoms with E-state index < -0.39 is 23.8 Å². The molecule has 33 heavy (non-hydrogen) atoms. The van der Waals surface area contributed by atoms with Gasteiger partial charge in [-0.3, -0.25) is 14.4 Å². The summed E-state index contributed by atoms with van der Waals surface area (Å²) in [7, 11) is 0. The van der Waals surface area contributed by atoms with E-state index in [0.717, 1.165) is 10.9 Å². The summed E-state index contributed by atoms with van der Waals surface area (Å²) in [5, 5.41) is 8.18. The number of primary amides is 1. The smallest absolute Gasteiger partial charge is 0.262 e. The Kier molecular flexibility index (Phi) is 7.73. The van der Waals surface area contributed by atoms with Gasteiger partial charge in [0.05, 0.1) is 16.3 Å². The number of nitrogens with zero attached hydrogens (tertiary/aromatic N) is 2. The van der Waals surface area contributed by atoms with Crippen molar-refractivity contribution in [2.75, 3.05) is 0 Å². The van der Waals surface area contributed by atoms with Gasteiger partial charge in [0.25, 0.3) is 11.8 Å². The Hall–Kier alpha value is -3.36. The average Bonchev–Trinajstić information content (AvgIpc) is 3.10. The monoisotopic (exact) mass is 487 g/mol. The predicted molar refractivity (Wildman–Crippen MR) is 129 cm³/mol. The SMILES string of the molecule is CC(C)C(NC(=O)c1ccc(Cl)c(Cl)c1)C(=O)N/N=C\c1cn(CC(N)=O)c2ccccc12. The Bertz CT molecular complexity index is 1240. The van der Waals surface area contributed by atoms with Gasteiger partial charge in [-0.15, -0.1) is 0 Å². The van der Waals surface area contributed by atoms with E-state index in [-0.39, 0.29) is 23.0 Å². The Balaban J connectivity index is 1.73. The third-order valence-corrected chi connectivity index (χ3v) is 5.68. The number of nitrogens with one attached hydrogen (secondary N) is 2. The molecule has 3 amide bonds. The molecule has 1 unspecified atom stereocenters. The lowest BCUT2D eigenvalue weighted by molar-refractivity contribution is -0.124. The van der Waals surface area contributed by atoms with E-state index in [9.17, 15) is 14.4 Å². The van der Waals surface area contributed by atoms with Crippen molar-refractivity contribution in [2.24, 2.45) is 16.8 Å². The number of halogens is 2. The van der Waals surface area contributed by atoms with Crippen molar-refractivity contribution >= 4 is 58.0 Å². The van der Waals surface area contributed by atoms with E-state index in [1.165, 1.54) is 24.4 Å². The highest BCUT2D eigenvalue weighted by molar-refractivity contribution is 6.42. The second-order valence-corrected chi connectivity index (χ2v) is 8.57. The first-order valence-electron chi connectivity index (χ1n) is 10.1. The van der Waals surface area contributed by atoms with E-state index in [0.29, 0.717) is 10.6 Å². The van der Waals surface area contributed by atoms with E-state index in [4.69, 9.17) is 28.9 Å². The molecule has 0 saturated carbocycles. The van der Waals surface area contributed by atoms with E-state index in [1.54, 1.807) is 24.6 Å². The number of amides is 3. The van der Waals surface area contributed by atoms with Crippen LogP contribution in [0, 0.1) is 5.92 Å². The molecule has 2 aromatic carbocycles. The van der Waals surface area contributed by atoms with E-state index in [2.05, 4.69) is 15.8 Å². The minimum Gasteiger partial charge on any atom is -0.368 e. The number of aromatic nitrogens is 1. The fourth-order valence-electron chi connectivity index (χ4n) is 3.31. The normalized spacial score (nSPS) is 12.3. The zero-order chi connectivity index (χ0) is 24.1. The highest BCUT2D eigenvalue weighted by atomic mass is 35.5. The first kappa shape index (κ1) is 24.3. The van der Waals surface area contributed by atoms with Crippen LogP contribution >= 0.6 is 23.2 Å². The van der Waals surface area contributed by atoms with Crippen LogP contribution in [-0.4, -0.2) is 34.5 Å². The summed E-state index contributed by atoms with van der Waals surface area (Å²) in [4.78, 5) is 36.7. The van der Waals surface area contributed by atoms with Crippen LogP contribution in [0.1, 0.15) is 29.8 Å². The quantitative estimate of drug-likeness (QED) is 0.333. The molecule has 0 saturated heterocycles. The first-order chi connectivity index (χ1) is 15.7. The van der Waals surface area contributed by atoms with Crippen LogP contribution in [0.25, 0.3) is 10.9 Å². The first-order valence-corrected chi connectivity index (χ1v) is 10.9. The standard InChI is InChI=1S/C23H23Cl2N5O3/c1-13(2)21(28-22(32)14-7-8-17(24)18(25)9-14)23(33)29-27-10-15-11-30(12-20(26)31)19-6-4-3-5-16(15)19/h3-11,13,21H,12H2,1-2H3,(H2,26,31)(H,28,32)(H,29,33)/b27-10-. The highest BCUT2D eigenvalue weighted by Gasteiger charge is 2.24. The zero-order valence-corrected chi connectivity index (χ0v) is 19.5. The number of nitrogens with two attached hydrogens (primary N) is 1. The van der Waals surface area contributed by atoms with Crippen molar-refractivity contribution in [2.45, 2.75) is 26.4 Å². The molecular formula is C23H23Cl2N5O3. The average molecular weight is 488 g/mol. The predicted octanol–water partition coefficient (Wildman–Crippen LogP) is 3.34. The van der Waals surface area contributed by atoms with Crippen molar-refractivity contribution in [1.82, 2.24) is 15.3 Å². The van der Waals surface area contributed by atoms with Crippen molar-refractivity contribution < 1.29 is 14.4 Å². The number of carbonyl (C=O) groups is 3. The van der Waals surface area contributed by atoms with Crippen LogP contribution in [-0.2, 0) is 16.1 Å². The van der Waals surface area contributed by atoms with Gasteiger partial charge in [-0.05, 0) is 30.2 Å². The lowest BCUT2D eigenvalue weighted by Crippen LogP contribution is -2.48. The van der Waals surface area contributed by atoms with Crippen molar-refractivity contribution in [3.8, 4) is 0 Å². The third-order valence-electron chi connectivity index (χ3n) is 4.94. The third kappa shape index (κ3) is 5.91. The molecule has 3 rings (SSSR count). The molecule has 172 valence electrons. The maximum atomic E-state index is 12.7. The fourth-order valence-corrected chi connectivity index (χ4v) is 3.61. The van der Waals surface area contributed by atoms with Gasteiger partial charge in [0, 0.05) is 28.2 Å². The highest BCUT2D eigenvalue weighted by Crippen LogP contribution is 2.23. The van der Waals surface area contributed by atoms with Gasteiger partial charge in [0.1, 0.15) is 12.6 Å². The molecule has 0 aliphatic rings. The number of hydrogen-bond donors (Lipinski definition) is 3. The molecule has 1 heterocycles. The zero-order valence-electron chi connectivity index (χ0n) is 18.0. The van der Waals surface area contributed by atoms with Crippen LogP contribution in [0.3, 0.4) is 0 Å². The van der Waals surface area contributed by atoms with Crippen LogP contribution in [0.4, 0.5) is 0 Å². The van der Waals surface area contributed by atoms with Crippen LogP contribution in [0.15, 0.2) is 53.8 Å². The van der Waals surface area contributed by atoms with Crippen molar-refractivity contribution in [1.29, 1.82) is 0 Å². The largest absolute Gasteiger partial charge is 0.368 e. The number of hydrogen-bond acceptors (Lipinski definition) is 4. The maximum absolute atomic E-state index is 12.7. The van der Waals surface area contributed by atoms with Gasteiger partial charge in [0.15, 0.2) is 0 Å². The number of para-hydroxylation sites is 1. The van der Waals surface area contributed by atoms with Gasteiger partial charge < -0.3 is 15.6 Å². The molecule has 0 aliphatic heterocycles. The molecule has 8 nitrogen and oxygen atoms in total. The number of hydrazone groups is 1. The molecular weight excluding hydrogens is 465 g/mol. The molecule has 3 aromatic rings. The maximum Gasteiger partial charge on any atom is 0.262 e. The molecule has 10 heteroatoms. The van der Waals surface area contributed by atoms with Crippen LogP contribution < -0.4 is 16.5 Å². The molecule has 0 bridgehead atoms. The summed E-state index contributed by atoms with van der Waals surface area (Å²) >= 11 is 11.9. The Morgan fingerprint density at radius 1 is 1.12 bits per heavy atom. The van der Waals surface area contributed by atoms with Crippen LogP contribution in [0.2, 0.25) is 10.0 Å². The number of rotatable bonds is 8. The van der Waals surface area contributed by atoms with Gasteiger partial charge >= 0.3 is 0 Å². The Morgan fingerprint density at radius 2 is 1.85 bits per heavy atom. The van der Waals surface area contributed by atoms with E-state index in [1.807, 2.05) is 24.3 Å². The van der Waals surface area contributed by atoms with Crippen LogP contribution in [0.5, 0.6) is 0 Å². The van der Waals surface area contributed by atoms with Gasteiger partial charge in [-0.2, -0.15) is 5.10 Å². The fraction of sp³-hybridized carbons (Fsp3) is 0.217. The second kappa shape index (κ2) is 10.5. The van der Waals surface area contributed by atoms with Gasteiger partial charge in [-0.1, -0.05) is 55.2 Å².